The van der Waals surface area contributed by atoms with E-state index >= 15 is 0 Å². The van der Waals surface area contributed by atoms with E-state index in [1.54, 1.807) is 24.3 Å². The summed E-state index contributed by atoms with van der Waals surface area (Å²) in [6.07, 6.45) is -9.18. The molecule has 2 aliphatic heterocycles. The van der Waals surface area contributed by atoms with Crippen LogP contribution in [0.3, 0.4) is 0 Å². The first-order valence-corrected chi connectivity index (χ1v) is 12.7. The molecule has 0 aliphatic carbocycles. The highest BCUT2D eigenvalue weighted by molar-refractivity contribution is 6.30. The number of nitrogens with one attached hydrogen (secondary N) is 1. The number of carbonyl (C=O) groups is 2. The molecule has 0 saturated carbocycles. The quantitative estimate of drug-likeness (QED) is 0.353. The number of nitrogens with zero attached hydrogens (tertiary/aromatic N) is 3. The molecule has 2 aliphatic rings. The minimum absolute atomic E-state index is 0.00424. The average Bonchev–Trinajstić information content (AvgIpc) is 3.32. The molecule has 2 unspecified atom stereocenters. The summed E-state index contributed by atoms with van der Waals surface area (Å²) in [5.41, 5.74) is -0.787. The van der Waals surface area contributed by atoms with Crippen molar-refractivity contribution in [3.05, 3.63) is 106 Å². The van der Waals surface area contributed by atoms with Crippen molar-refractivity contribution in [3.63, 3.8) is 0 Å². The van der Waals surface area contributed by atoms with Gasteiger partial charge in [0.25, 0.3) is 0 Å². The molecule has 3 aromatic carbocycles. The number of aliphatic imine (C=N–C) groups is 1. The van der Waals surface area contributed by atoms with E-state index < -0.39 is 47.5 Å². The number of amides is 3. The lowest BCUT2D eigenvalue weighted by Gasteiger charge is -2.35. The van der Waals surface area contributed by atoms with E-state index in [1.165, 1.54) is 34.1 Å². The van der Waals surface area contributed by atoms with Crippen LogP contribution in [-0.2, 0) is 17.1 Å². The van der Waals surface area contributed by atoms with Crippen LogP contribution in [0.2, 0.25) is 5.02 Å². The SMILES string of the molecule is O=C1CN(C(=O)N2C(c3ccc(C(F)(F)F)cc3)=NC(c3ccc(C(F)(F)F)cc3)C2c2cccc(Cl)c2)CCN1. The van der Waals surface area contributed by atoms with Crippen molar-refractivity contribution in [2.45, 2.75) is 24.4 Å². The summed E-state index contributed by atoms with van der Waals surface area (Å²) in [5.74, 6) is -0.389. The highest BCUT2D eigenvalue weighted by atomic mass is 35.5. The predicted octanol–water partition coefficient (Wildman–Crippen LogP) is 6.47. The predicted molar refractivity (Wildman–Crippen MR) is 138 cm³/mol. The van der Waals surface area contributed by atoms with Crippen LogP contribution < -0.4 is 5.32 Å². The van der Waals surface area contributed by atoms with Crippen molar-refractivity contribution in [2.24, 2.45) is 4.99 Å². The lowest BCUT2D eigenvalue weighted by molar-refractivity contribution is -0.138. The van der Waals surface area contributed by atoms with Gasteiger partial charge in [-0.25, -0.2) is 4.79 Å². The monoisotopic (exact) mass is 594 g/mol. The second kappa shape index (κ2) is 10.7. The molecule has 1 N–H and O–H groups in total. The number of carbonyl (C=O) groups excluding carboxylic acids is 2. The van der Waals surface area contributed by atoms with Crippen LogP contribution in [0.25, 0.3) is 0 Å². The van der Waals surface area contributed by atoms with Crippen LogP contribution in [0, 0.1) is 0 Å². The number of alkyl halides is 6. The maximum Gasteiger partial charge on any atom is 0.416 e. The van der Waals surface area contributed by atoms with Gasteiger partial charge < -0.3 is 10.2 Å². The molecule has 2 atom stereocenters. The number of piperazine rings is 1. The normalized spacial score (nSPS) is 19.7. The van der Waals surface area contributed by atoms with Crippen LogP contribution in [0.4, 0.5) is 31.1 Å². The van der Waals surface area contributed by atoms with E-state index in [-0.39, 0.29) is 31.0 Å². The fourth-order valence-corrected chi connectivity index (χ4v) is 5.07. The maximum atomic E-state index is 14.0. The van der Waals surface area contributed by atoms with Gasteiger partial charge in [0.05, 0.1) is 17.2 Å². The van der Waals surface area contributed by atoms with Gasteiger partial charge >= 0.3 is 18.4 Å². The minimum atomic E-state index is -4.60. The van der Waals surface area contributed by atoms with E-state index in [0.29, 0.717) is 16.1 Å². The lowest BCUT2D eigenvalue weighted by atomic mass is 9.93. The highest BCUT2D eigenvalue weighted by Crippen LogP contribution is 2.45. The van der Waals surface area contributed by atoms with Gasteiger partial charge in [0.15, 0.2) is 0 Å². The number of rotatable bonds is 3. The number of hydrogen-bond acceptors (Lipinski definition) is 3. The molecular formula is C28H21ClF6N4O2. The standard InChI is InChI=1S/C28H21ClF6N4O2/c29-21-3-1-2-18(14-21)24-23(16-4-8-19(9-5-16)27(30,31)32)37-25(17-6-10-20(11-7-17)28(33,34)35)39(24)26(41)38-13-12-36-22(40)15-38/h1-11,14,23-24H,12-13,15H2,(H,36,40). The van der Waals surface area contributed by atoms with Gasteiger partial charge in [-0.05, 0) is 47.5 Å². The van der Waals surface area contributed by atoms with Gasteiger partial charge in [0, 0.05) is 23.7 Å². The second-order valence-electron chi connectivity index (χ2n) is 9.52. The molecule has 6 nitrogen and oxygen atoms in total. The molecule has 3 aromatic rings. The number of benzene rings is 3. The Labute approximate surface area is 235 Å². The average molecular weight is 595 g/mol. The lowest BCUT2D eigenvalue weighted by Crippen LogP contribution is -2.55. The van der Waals surface area contributed by atoms with E-state index in [0.717, 1.165) is 24.3 Å². The molecular weight excluding hydrogens is 574 g/mol. The Kier molecular flexibility index (Phi) is 7.45. The smallest absolute Gasteiger partial charge is 0.353 e. The third-order valence-corrected chi connectivity index (χ3v) is 7.06. The van der Waals surface area contributed by atoms with Crippen molar-refractivity contribution in [1.29, 1.82) is 0 Å². The van der Waals surface area contributed by atoms with E-state index in [2.05, 4.69) is 5.32 Å². The van der Waals surface area contributed by atoms with Gasteiger partial charge in [-0.15, -0.1) is 0 Å². The molecule has 0 aromatic heterocycles. The third kappa shape index (κ3) is 5.88. The summed E-state index contributed by atoms with van der Waals surface area (Å²) in [4.78, 5) is 33.4. The Morgan fingerprint density at radius 1 is 0.878 bits per heavy atom. The molecule has 1 fully saturated rings. The number of amidine groups is 1. The Hall–Kier alpha value is -4.06. The highest BCUT2D eigenvalue weighted by Gasteiger charge is 2.45. The van der Waals surface area contributed by atoms with Crippen LogP contribution >= 0.6 is 11.6 Å². The summed E-state index contributed by atoms with van der Waals surface area (Å²) in [7, 11) is 0. The van der Waals surface area contributed by atoms with Gasteiger partial charge in [0.1, 0.15) is 18.4 Å². The number of halogens is 7. The fourth-order valence-electron chi connectivity index (χ4n) is 4.87. The largest absolute Gasteiger partial charge is 0.416 e. The number of urea groups is 1. The molecule has 41 heavy (non-hydrogen) atoms. The molecule has 13 heteroatoms. The van der Waals surface area contributed by atoms with Crippen molar-refractivity contribution >= 4 is 29.4 Å². The van der Waals surface area contributed by atoms with Crippen molar-refractivity contribution < 1.29 is 35.9 Å². The minimum Gasteiger partial charge on any atom is -0.353 e. The first-order chi connectivity index (χ1) is 19.3. The molecule has 5 rings (SSSR count). The Morgan fingerprint density at radius 2 is 1.49 bits per heavy atom. The summed E-state index contributed by atoms with van der Waals surface area (Å²) in [6.45, 7) is 0.0900. The molecule has 3 amide bonds. The van der Waals surface area contributed by atoms with Crippen molar-refractivity contribution in [1.82, 2.24) is 15.1 Å². The van der Waals surface area contributed by atoms with Crippen LogP contribution in [-0.4, -0.2) is 47.2 Å². The van der Waals surface area contributed by atoms with Gasteiger partial charge in [-0.3, -0.25) is 14.7 Å². The molecule has 214 valence electrons. The molecule has 1 saturated heterocycles. The first kappa shape index (κ1) is 28.5. The third-order valence-electron chi connectivity index (χ3n) is 6.82. The van der Waals surface area contributed by atoms with E-state index in [9.17, 15) is 35.9 Å². The van der Waals surface area contributed by atoms with Crippen LogP contribution in [0.1, 0.15) is 39.9 Å². The van der Waals surface area contributed by atoms with Crippen molar-refractivity contribution in [3.8, 4) is 0 Å². The van der Waals surface area contributed by atoms with Gasteiger partial charge in [0.2, 0.25) is 5.91 Å². The summed E-state index contributed by atoms with van der Waals surface area (Å²) in [5, 5.41) is 2.95. The zero-order chi connectivity index (χ0) is 29.5. The van der Waals surface area contributed by atoms with Crippen LogP contribution in [0.15, 0.2) is 77.8 Å². The topological polar surface area (TPSA) is 65.0 Å². The summed E-state index contributed by atoms with van der Waals surface area (Å²) in [6, 6.07) is 12.3. The first-order valence-electron chi connectivity index (χ1n) is 12.4. The van der Waals surface area contributed by atoms with E-state index in [4.69, 9.17) is 16.6 Å². The zero-order valence-electron chi connectivity index (χ0n) is 21.0. The number of hydrogen-bond donors (Lipinski definition) is 1. The van der Waals surface area contributed by atoms with Gasteiger partial charge in [-0.1, -0.05) is 48.0 Å². The van der Waals surface area contributed by atoms with Crippen molar-refractivity contribution in [2.75, 3.05) is 19.6 Å². The summed E-state index contributed by atoms with van der Waals surface area (Å²) >= 11 is 6.26. The molecule has 0 spiro atoms. The fraction of sp³-hybridized carbons (Fsp3) is 0.250. The van der Waals surface area contributed by atoms with E-state index in [1.807, 2.05) is 0 Å². The van der Waals surface area contributed by atoms with Gasteiger partial charge in [-0.2, -0.15) is 26.3 Å². The Bertz CT molecular complexity index is 1490. The zero-order valence-corrected chi connectivity index (χ0v) is 21.8. The molecule has 0 bridgehead atoms. The molecule has 0 radical (unpaired) electrons. The Balaban J connectivity index is 1.66. The maximum absolute atomic E-state index is 14.0. The molecule has 2 heterocycles. The second-order valence-corrected chi connectivity index (χ2v) is 9.95. The Morgan fingerprint density at radius 3 is 2.05 bits per heavy atom. The van der Waals surface area contributed by atoms with Crippen LogP contribution in [0.5, 0.6) is 0 Å². The summed E-state index contributed by atoms with van der Waals surface area (Å²) < 4.78 is 79.6.